The Kier molecular flexibility index (Phi) is 2.82. The molecular weight excluding hydrogens is 212 g/mol. The molecule has 0 aliphatic heterocycles. The van der Waals surface area contributed by atoms with Gasteiger partial charge in [-0.05, 0) is 23.8 Å². The number of aliphatic carboxylic acids is 1. The Hall–Kier alpha value is -1.57. The number of benzene rings is 1. The van der Waals surface area contributed by atoms with Crippen molar-refractivity contribution in [2.24, 2.45) is 17.3 Å². The van der Waals surface area contributed by atoms with Crippen LogP contribution in [-0.2, 0) is 4.79 Å². The molecule has 90 valence electrons. The Morgan fingerprint density at radius 1 is 1.24 bits per heavy atom. The molecule has 1 aliphatic rings. The largest absolute Gasteiger partial charge is 0.481 e. The van der Waals surface area contributed by atoms with Crippen LogP contribution in [0.5, 0.6) is 0 Å². The van der Waals surface area contributed by atoms with E-state index in [0.29, 0.717) is 0 Å². The maximum atomic E-state index is 11.1. The van der Waals surface area contributed by atoms with Crippen LogP contribution in [0.25, 0.3) is 6.08 Å². The van der Waals surface area contributed by atoms with Gasteiger partial charge in [-0.2, -0.15) is 0 Å². The quantitative estimate of drug-likeness (QED) is 0.863. The van der Waals surface area contributed by atoms with Crippen molar-refractivity contribution in [2.45, 2.75) is 20.8 Å². The normalized spacial score (nSPS) is 26.6. The minimum atomic E-state index is -0.680. The molecule has 1 saturated carbocycles. The van der Waals surface area contributed by atoms with Crippen molar-refractivity contribution in [3.05, 3.63) is 41.5 Å². The molecule has 2 rings (SSSR count). The molecule has 0 amide bonds. The van der Waals surface area contributed by atoms with Gasteiger partial charge in [0.05, 0.1) is 5.92 Å². The zero-order chi connectivity index (χ0) is 12.6. The van der Waals surface area contributed by atoms with Crippen LogP contribution in [-0.4, -0.2) is 11.1 Å². The van der Waals surface area contributed by atoms with Crippen molar-refractivity contribution in [1.29, 1.82) is 0 Å². The van der Waals surface area contributed by atoms with Crippen LogP contribution in [0.3, 0.4) is 0 Å². The van der Waals surface area contributed by atoms with Crippen LogP contribution >= 0.6 is 0 Å². The predicted octanol–water partition coefficient (Wildman–Crippen LogP) is 3.45. The van der Waals surface area contributed by atoms with E-state index in [0.717, 1.165) is 11.1 Å². The first-order valence-corrected chi connectivity index (χ1v) is 5.90. The van der Waals surface area contributed by atoms with Crippen LogP contribution in [0.15, 0.2) is 35.9 Å². The molecule has 1 aliphatic carbocycles. The van der Waals surface area contributed by atoms with Gasteiger partial charge in [0, 0.05) is 0 Å². The molecular formula is C15H18O2. The Morgan fingerprint density at radius 3 is 2.29 bits per heavy atom. The van der Waals surface area contributed by atoms with Crippen LogP contribution < -0.4 is 0 Å². The second kappa shape index (κ2) is 4.02. The summed E-state index contributed by atoms with van der Waals surface area (Å²) in [6.07, 6.45) is 2.09. The summed E-state index contributed by atoms with van der Waals surface area (Å²) in [6.45, 7) is 6.08. The van der Waals surface area contributed by atoms with E-state index in [1.165, 1.54) is 0 Å². The fraction of sp³-hybridized carbons (Fsp3) is 0.400. The monoisotopic (exact) mass is 230 g/mol. The maximum Gasteiger partial charge on any atom is 0.307 e. The van der Waals surface area contributed by atoms with Crippen molar-refractivity contribution in [2.75, 3.05) is 0 Å². The molecule has 1 aromatic carbocycles. The third-order valence-corrected chi connectivity index (χ3v) is 3.78. The first kappa shape index (κ1) is 11.9. The zero-order valence-corrected chi connectivity index (χ0v) is 10.5. The van der Waals surface area contributed by atoms with E-state index < -0.39 is 5.97 Å². The molecule has 2 atom stereocenters. The fourth-order valence-corrected chi connectivity index (χ4v) is 2.85. The Balaban J connectivity index is 2.20. The SMILES string of the molecule is C/C(=C/c1ccccc1)[C@@H]1[C@@H](C(=O)O)C1(C)C. The third kappa shape index (κ3) is 2.12. The van der Waals surface area contributed by atoms with Gasteiger partial charge >= 0.3 is 5.97 Å². The summed E-state index contributed by atoms with van der Waals surface area (Å²) >= 11 is 0. The van der Waals surface area contributed by atoms with Gasteiger partial charge in [-0.3, -0.25) is 4.79 Å². The molecule has 0 radical (unpaired) electrons. The summed E-state index contributed by atoms with van der Waals surface area (Å²) in [5.74, 6) is -0.747. The lowest BCUT2D eigenvalue weighted by Gasteiger charge is -2.03. The van der Waals surface area contributed by atoms with Crippen LogP contribution in [0.4, 0.5) is 0 Å². The fourth-order valence-electron chi connectivity index (χ4n) is 2.85. The molecule has 1 aromatic rings. The summed E-state index contributed by atoms with van der Waals surface area (Å²) in [5, 5.41) is 9.15. The predicted molar refractivity (Wildman–Crippen MR) is 68.5 cm³/mol. The van der Waals surface area contributed by atoms with Gasteiger partial charge in [0.2, 0.25) is 0 Å². The number of carboxylic acid groups (broad SMARTS) is 1. The topological polar surface area (TPSA) is 37.3 Å². The van der Waals surface area contributed by atoms with Gasteiger partial charge in [-0.15, -0.1) is 0 Å². The van der Waals surface area contributed by atoms with Crippen molar-refractivity contribution < 1.29 is 9.90 Å². The highest BCUT2D eigenvalue weighted by Crippen LogP contribution is 2.61. The van der Waals surface area contributed by atoms with Crippen LogP contribution in [0.1, 0.15) is 26.3 Å². The van der Waals surface area contributed by atoms with E-state index in [-0.39, 0.29) is 17.3 Å². The first-order valence-electron chi connectivity index (χ1n) is 5.90. The Labute approximate surface area is 102 Å². The van der Waals surface area contributed by atoms with Crippen molar-refractivity contribution in [3.63, 3.8) is 0 Å². The lowest BCUT2D eigenvalue weighted by Crippen LogP contribution is -2.03. The zero-order valence-electron chi connectivity index (χ0n) is 10.5. The van der Waals surface area contributed by atoms with E-state index in [4.69, 9.17) is 5.11 Å². The number of carbonyl (C=O) groups is 1. The summed E-state index contributed by atoms with van der Waals surface area (Å²) in [4.78, 5) is 11.1. The van der Waals surface area contributed by atoms with Crippen molar-refractivity contribution in [1.82, 2.24) is 0 Å². The smallest absolute Gasteiger partial charge is 0.307 e. The molecule has 1 N–H and O–H groups in total. The van der Waals surface area contributed by atoms with E-state index >= 15 is 0 Å². The Bertz CT molecular complexity index is 457. The average Bonchev–Trinajstić information content (AvgIpc) is 2.83. The molecule has 2 nitrogen and oxygen atoms in total. The number of allylic oxidation sites excluding steroid dienone is 1. The summed E-state index contributed by atoms with van der Waals surface area (Å²) in [5.41, 5.74) is 2.19. The second-order valence-corrected chi connectivity index (χ2v) is 5.41. The van der Waals surface area contributed by atoms with Crippen LogP contribution in [0.2, 0.25) is 0 Å². The van der Waals surface area contributed by atoms with Crippen molar-refractivity contribution >= 4 is 12.0 Å². The Morgan fingerprint density at radius 2 is 1.82 bits per heavy atom. The molecule has 0 heterocycles. The van der Waals surface area contributed by atoms with Gasteiger partial charge in [0.1, 0.15) is 0 Å². The molecule has 0 unspecified atom stereocenters. The highest BCUT2D eigenvalue weighted by Gasteiger charge is 2.62. The molecule has 0 spiro atoms. The second-order valence-electron chi connectivity index (χ2n) is 5.41. The molecule has 0 bridgehead atoms. The van der Waals surface area contributed by atoms with Crippen LogP contribution in [0, 0.1) is 17.3 Å². The maximum absolute atomic E-state index is 11.1. The number of hydrogen-bond donors (Lipinski definition) is 1. The van der Waals surface area contributed by atoms with E-state index in [1.807, 2.05) is 51.1 Å². The summed E-state index contributed by atoms with van der Waals surface area (Å²) in [6, 6.07) is 10.0. The van der Waals surface area contributed by atoms with Crippen molar-refractivity contribution in [3.8, 4) is 0 Å². The average molecular weight is 230 g/mol. The summed E-state index contributed by atoms with van der Waals surface area (Å²) in [7, 11) is 0. The first-order chi connectivity index (χ1) is 7.94. The highest BCUT2D eigenvalue weighted by molar-refractivity contribution is 5.77. The number of hydrogen-bond acceptors (Lipinski definition) is 1. The lowest BCUT2D eigenvalue weighted by atomic mass is 10.0. The molecule has 0 saturated heterocycles. The minimum absolute atomic E-state index is 0.110. The lowest BCUT2D eigenvalue weighted by molar-refractivity contribution is -0.139. The van der Waals surface area contributed by atoms with E-state index in [1.54, 1.807) is 0 Å². The van der Waals surface area contributed by atoms with E-state index in [2.05, 4.69) is 6.08 Å². The van der Waals surface area contributed by atoms with Gasteiger partial charge < -0.3 is 5.11 Å². The summed E-state index contributed by atoms with van der Waals surface area (Å²) < 4.78 is 0. The van der Waals surface area contributed by atoms with Gasteiger partial charge in [-0.1, -0.05) is 55.8 Å². The van der Waals surface area contributed by atoms with E-state index in [9.17, 15) is 4.79 Å². The van der Waals surface area contributed by atoms with Gasteiger partial charge in [0.25, 0.3) is 0 Å². The molecule has 1 fully saturated rings. The molecule has 2 heteroatoms. The number of rotatable bonds is 3. The minimum Gasteiger partial charge on any atom is -0.481 e. The number of carboxylic acids is 1. The third-order valence-electron chi connectivity index (χ3n) is 3.78. The van der Waals surface area contributed by atoms with Gasteiger partial charge in [-0.25, -0.2) is 0 Å². The molecule has 0 aromatic heterocycles. The standard InChI is InChI=1S/C15H18O2/c1-10(9-11-7-5-4-6-8-11)12-13(14(16)17)15(12,2)3/h4-9,12-13H,1-3H3,(H,16,17)/b10-9-/t12-,13+/m1/s1. The highest BCUT2D eigenvalue weighted by atomic mass is 16.4. The molecule has 17 heavy (non-hydrogen) atoms. The van der Waals surface area contributed by atoms with Gasteiger partial charge in [0.15, 0.2) is 0 Å².